The maximum Gasteiger partial charge on any atom is 0.223 e. The first-order chi connectivity index (χ1) is 15.1. The van der Waals surface area contributed by atoms with E-state index >= 15 is 0 Å². The maximum absolute atomic E-state index is 13.2. The standard InChI is InChI=1S/C25H34N2O4/c1-26(21(18-27-14-8-9-15-27)20-10-6-5-7-11-20)24(28)13-12-19-16-22(29-2)25(31-4)23(17-19)30-3/h5-7,10-11,16-17,21H,8-9,12-15,18H2,1-4H3/t21-/m1/s1. The quantitative estimate of drug-likeness (QED) is 0.576. The SMILES string of the molecule is COc1cc(CCC(=O)N(C)[C@H](CN2CCCC2)c2ccccc2)cc(OC)c1OC. The molecule has 3 rings (SSSR count). The van der Waals surface area contributed by atoms with Crippen molar-refractivity contribution in [1.82, 2.24) is 9.80 Å². The summed E-state index contributed by atoms with van der Waals surface area (Å²) in [5.41, 5.74) is 2.16. The third-order valence-corrected chi connectivity index (χ3v) is 6.03. The van der Waals surface area contributed by atoms with Crippen LogP contribution in [0, 0.1) is 0 Å². The van der Waals surface area contributed by atoms with Crippen molar-refractivity contribution in [3.05, 3.63) is 53.6 Å². The van der Waals surface area contributed by atoms with Crippen molar-refractivity contribution in [2.45, 2.75) is 31.7 Å². The molecule has 31 heavy (non-hydrogen) atoms. The van der Waals surface area contributed by atoms with E-state index in [1.165, 1.54) is 18.4 Å². The van der Waals surface area contributed by atoms with Crippen LogP contribution in [-0.2, 0) is 11.2 Å². The van der Waals surface area contributed by atoms with E-state index in [0.717, 1.165) is 25.2 Å². The molecule has 2 aromatic rings. The Hall–Kier alpha value is -2.73. The van der Waals surface area contributed by atoms with Crippen molar-refractivity contribution in [3.8, 4) is 17.2 Å². The van der Waals surface area contributed by atoms with Crippen LogP contribution in [0.4, 0.5) is 0 Å². The summed E-state index contributed by atoms with van der Waals surface area (Å²) in [6, 6.07) is 14.2. The fourth-order valence-corrected chi connectivity index (χ4v) is 4.22. The molecule has 0 spiro atoms. The van der Waals surface area contributed by atoms with Gasteiger partial charge in [0.15, 0.2) is 11.5 Å². The second-order valence-electron chi connectivity index (χ2n) is 7.97. The van der Waals surface area contributed by atoms with E-state index in [1.54, 1.807) is 21.3 Å². The van der Waals surface area contributed by atoms with Gasteiger partial charge in [-0.1, -0.05) is 30.3 Å². The predicted molar refractivity (Wildman–Crippen MR) is 122 cm³/mol. The van der Waals surface area contributed by atoms with Gasteiger partial charge in [0.2, 0.25) is 11.7 Å². The molecule has 2 aromatic carbocycles. The summed E-state index contributed by atoms with van der Waals surface area (Å²) in [6.45, 7) is 3.09. The number of methoxy groups -OCH3 is 3. The number of nitrogens with zero attached hydrogens (tertiary/aromatic N) is 2. The number of aryl methyl sites for hydroxylation is 1. The van der Waals surface area contributed by atoms with Crippen molar-refractivity contribution in [2.75, 3.05) is 48.0 Å². The number of benzene rings is 2. The summed E-state index contributed by atoms with van der Waals surface area (Å²) in [7, 11) is 6.71. The summed E-state index contributed by atoms with van der Waals surface area (Å²) in [5, 5.41) is 0. The molecule has 1 fully saturated rings. The zero-order chi connectivity index (χ0) is 22.2. The molecular weight excluding hydrogens is 392 g/mol. The van der Waals surface area contributed by atoms with E-state index in [2.05, 4.69) is 17.0 Å². The summed E-state index contributed by atoms with van der Waals surface area (Å²) < 4.78 is 16.3. The molecule has 1 aliphatic rings. The molecule has 0 unspecified atom stereocenters. The Bertz CT molecular complexity index is 825. The Morgan fingerprint density at radius 3 is 2.16 bits per heavy atom. The van der Waals surface area contributed by atoms with Gasteiger partial charge in [-0.3, -0.25) is 4.79 Å². The van der Waals surface area contributed by atoms with Crippen molar-refractivity contribution < 1.29 is 19.0 Å². The number of carbonyl (C=O) groups excluding carboxylic acids is 1. The maximum atomic E-state index is 13.2. The summed E-state index contributed by atoms with van der Waals surface area (Å²) in [6.07, 6.45) is 3.49. The highest BCUT2D eigenvalue weighted by Gasteiger charge is 2.25. The van der Waals surface area contributed by atoms with E-state index in [-0.39, 0.29) is 11.9 Å². The lowest BCUT2D eigenvalue weighted by molar-refractivity contribution is -0.132. The third-order valence-electron chi connectivity index (χ3n) is 6.03. The topological polar surface area (TPSA) is 51.2 Å². The lowest BCUT2D eigenvalue weighted by atomic mass is 10.0. The van der Waals surface area contributed by atoms with E-state index in [0.29, 0.717) is 30.1 Å². The molecular formula is C25H34N2O4. The first-order valence-corrected chi connectivity index (χ1v) is 10.9. The van der Waals surface area contributed by atoms with Crippen molar-refractivity contribution >= 4 is 5.91 Å². The van der Waals surface area contributed by atoms with Gasteiger partial charge in [0.05, 0.1) is 27.4 Å². The van der Waals surface area contributed by atoms with Gasteiger partial charge in [-0.05, 0) is 55.6 Å². The van der Waals surface area contributed by atoms with Crippen molar-refractivity contribution in [2.24, 2.45) is 0 Å². The zero-order valence-corrected chi connectivity index (χ0v) is 19.1. The molecule has 6 nitrogen and oxygen atoms in total. The number of hydrogen-bond donors (Lipinski definition) is 0. The lowest BCUT2D eigenvalue weighted by Gasteiger charge is -2.32. The molecule has 1 saturated heterocycles. The summed E-state index contributed by atoms with van der Waals surface area (Å²) in [4.78, 5) is 17.5. The first-order valence-electron chi connectivity index (χ1n) is 10.9. The van der Waals surface area contributed by atoms with Gasteiger partial charge in [-0.2, -0.15) is 0 Å². The van der Waals surface area contributed by atoms with Crippen LogP contribution in [0.25, 0.3) is 0 Å². The molecule has 0 bridgehead atoms. The molecule has 6 heteroatoms. The molecule has 168 valence electrons. The minimum Gasteiger partial charge on any atom is -0.493 e. The van der Waals surface area contributed by atoms with Gasteiger partial charge in [0.25, 0.3) is 0 Å². The smallest absolute Gasteiger partial charge is 0.223 e. The number of carbonyl (C=O) groups is 1. The molecule has 0 saturated carbocycles. The first kappa shape index (κ1) is 22.9. The highest BCUT2D eigenvalue weighted by molar-refractivity contribution is 5.77. The molecule has 0 aliphatic carbocycles. The minimum atomic E-state index is 0.0479. The van der Waals surface area contributed by atoms with Gasteiger partial charge in [-0.15, -0.1) is 0 Å². The molecule has 0 N–H and O–H groups in total. The number of rotatable bonds is 10. The minimum absolute atomic E-state index is 0.0479. The number of amides is 1. The number of ether oxygens (including phenoxy) is 3. The lowest BCUT2D eigenvalue weighted by Crippen LogP contribution is -2.38. The van der Waals surface area contributed by atoms with Crippen LogP contribution in [-0.4, -0.2) is 63.7 Å². The Morgan fingerprint density at radius 1 is 1.00 bits per heavy atom. The zero-order valence-electron chi connectivity index (χ0n) is 19.1. The average Bonchev–Trinajstić information content (AvgIpc) is 3.33. The highest BCUT2D eigenvalue weighted by Crippen LogP contribution is 2.38. The van der Waals surface area contributed by atoms with Crippen LogP contribution in [0.3, 0.4) is 0 Å². The van der Waals surface area contributed by atoms with E-state index in [4.69, 9.17) is 14.2 Å². The molecule has 1 atom stereocenters. The largest absolute Gasteiger partial charge is 0.493 e. The van der Waals surface area contributed by atoms with Crippen LogP contribution in [0.15, 0.2) is 42.5 Å². The molecule has 1 amide bonds. The van der Waals surface area contributed by atoms with E-state index in [9.17, 15) is 4.79 Å². The Morgan fingerprint density at radius 2 is 1.61 bits per heavy atom. The van der Waals surface area contributed by atoms with Crippen LogP contribution >= 0.6 is 0 Å². The second-order valence-corrected chi connectivity index (χ2v) is 7.97. The van der Waals surface area contributed by atoms with Gasteiger partial charge in [0, 0.05) is 20.0 Å². The number of hydrogen-bond acceptors (Lipinski definition) is 5. The Kier molecular flexibility index (Phi) is 8.18. The van der Waals surface area contributed by atoms with Crippen LogP contribution in [0.5, 0.6) is 17.2 Å². The van der Waals surface area contributed by atoms with Gasteiger partial charge < -0.3 is 24.0 Å². The Balaban J connectivity index is 1.71. The molecule has 0 radical (unpaired) electrons. The summed E-state index contributed by atoms with van der Waals surface area (Å²) in [5.74, 6) is 1.90. The van der Waals surface area contributed by atoms with Crippen LogP contribution in [0.2, 0.25) is 0 Å². The molecule has 1 aliphatic heterocycles. The van der Waals surface area contributed by atoms with Crippen LogP contribution < -0.4 is 14.2 Å². The fourth-order valence-electron chi connectivity index (χ4n) is 4.22. The Labute approximate surface area is 185 Å². The normalized spacial score (nSPS) is 14.8. The van der Waals surface area contributed by atoms with Gasteiger partial charge in [-0.25, -0.2) is 0 Å². The highest BCUT2D eigenvalue weighted by atomic mass is 16.5. The van der Waals surface area contributed by atoms with Crippen LogP contribution in [0.1, 0.15) is 36.4 Å². The van der Waals surface area contributed by atoms with Crippen molar-refractivity contribution in [1.29, 1.82) is 0 Å². The molecule has 1 heterocycles. The second kappa shape index (κ2) is 11.0. The monoisotopic (exact) mass is 426 g/mol. The fraction of sp³-hybridized carbons (Fsp3) is 0.480. The predicted octanol–water partition coefficient (Wildman–Crippen LogP) is 3.94. The van der Waals surface area contributed by atoms with Gasteiger partial charge >= 0.3 is 0 Å². The molecule has 0 aromatic heterocycles. The van der Waals surface area contributed by atoms with Gasteiger partial charge in [0.1, 0.15) is 0 Å². The number of likely N-dealkylation sites (N-methyl/N-ethyl adjacent to an activating group) is 1. The average molecular weight is 427 g/mol. The van der Waals surface area contributed by atoms with E-state index in [1.807, 2.05) is 42.3 Å². The van der Waals surface area contributed by atoms with Crippen molar-refractivity contribution in [3.63, 3.8) is 0 Å². The van der Waals surface area contributed by atoms with E-state index < -0.39 is 0 Å². The third kappa shape index (κ3) is 5.70. The summed E-state index contributed by atoms with van der Waals surface area (Å²) >= 11 is 0. The number of likely N-dealkylation sites (tertiary alicyclic amines) is 1.